The van der Waals surface area contributed by atoms with Gasteiger partial charge in [0.1, 0.15) is 17.8 Å². The van der Waals surface area contributed by atoms with Crippen molar-refractivity contribution in [3.05, 3.63) is 17.6 Å². The molecular formula is C9H10N4O2. The Morgan fingerprint density at radius 3 is 2.73 bits per heavy atom. The van der Waals surface area contributed by atoms with Gasteiger partial charge in [0, 0.05) is 5.56 Å². The lowest BCUT2D eigenvalue weighted by molar-refractivity contribution is -0.119. The molecule has 1 aliphatic heterocycles. The van der Waals surface area contributed by atoms with E-state index in [1.165, 1.54) is 6.33 Å². The van der Waals surface area contributed by atoms with Crippen molar-refractivity contribution >= 4 is 17.6 Å². The molecule has 1 aromatic rings. The van der Waals surface area contributed by atoms with Gasteiger partial charge < -0.3 is 11.1 Å². The molecule has 0 aliphatic carbocycles. The minimum Gasteiger partial charge on any atom is -0.364 e. The fraction of sp³-hybridized carbons (Fsp3) is 0.333. The summed E-state index contributed by atoms with van der Waals surface area (Å²) >= 11 is 0. The van der Waals surface area contributed by atoms with Crippen LogP contribution in [-0.2, 0) is 10.2 Å². The second kappa shape index (κ2) is 2.75. The fourth-order valence-electron chi connectivity index (χ4n) is 1.64. The number of hydrogen-bond acceptors (Lipinski definition) is 4. The Hall–Kier alpha value is -1.98. The molecule has 6 heteroatoms. The van der Waals surface area contributed by atoms with Crippen LogP contribution in [0.25, 0.3) is 0 Å². The predicted molar refractivity (Wildman–Crippen MR) is 52.2 cm³/mol. The van der Waals surface area contributed by atoms with Crippen molar-refractivity contribution < 1.29 is 9.59 Å². The zero-order chi connectivity index (χ0) is 11.2. The quantitative estimate of drug-likeness (QED) is 0.665. The van der Waals surface area contributed by atoms with Crippen LogP contribution in [0.15, 0.2) is 6.33 Å². The summed E-state index contributed by atoms with van der Waals surface area (Å²) in [5.74, 6) is -0.493. The lowest BCUT2D eigenvalue weighted by Crippen LogP contribution is -2.29. The van der Waals surface area contributed by atoms with Crippen LogP contribution in [0.2, 0.25) is 0 Å². The molecule has 2 amide bonds. The highest BCUT2D eigenvalue weighted by molar-refractivity contribution is 6.08. The van der Waals surface area contributed by atoms with E-state index < -0.39 is 11.3 Å². The van der Waals surface area contributed by atoms with Crippen molar-refractivity contribution in [2.45, 2.75) is 19.3 Å². The summed E-state index contributed by atoms with van der Waals surface area (Å²) < 4.78 is 0. The molecule has 0 spiro atoms. The van der Waals surface area contributed by atoms with Crippen LogP contribution in [0.3, 0.4) is 0 Å². The van der Waals surface area contributed by atoms with Crippen LogP contribution in [0.4, 0.5) is 5.82 Å². The van der Waals surface area contributed by atoms with Gasteiger partial charge >= 0.3 is 0 Å². The van der Waals surface area contributed by atoms with Gasteiger partial charge in [0.15, 0.2) is 0 Å². The highest BCUT2D eigenvalue weighted by Crippen LogP contribution is 2.36. The summed E-state index contributed by atoms with van der Waals surface area (Å²) in [6.07, 6.45) is 1.21. The van der Waals surface area contributed by atoms with E-state index in [0.717, 1.165) is 0 Å². The van der Waals surface area contributed by atoms with E-state index in [1.54, 1.807) is 13.8 Å². The topological polar surface area (TPSA) is 98.0 Å². The number of nitrogens with zero attached hydrogens (tertiary/aromatic N) is 2. The van der Waals surface area contributed by atoms with Crippen LogP contribution < -0.4 is 11.1 Å². The number of carbonyl (C=O) groups is 2. The molecule has 1 aromatic heterocycles. The Morgan fingerprint density at radius 2 is 2.13 bits per heavy atom. The van der Waals surface area contributed by atoms with Crippen LogP contribution in [0.1, 0.15) is 29.9 Å². The normalized spacial score (nSPS) is 17.1. The van der Waals surface area contributed by atoms with E-state index in [1.807, 2.05) is 0 Å². The Balaban J connectivity index is 2.72. The zero-order valence-electron chi connectivity index (χ0n) is 8.37. The maximum Gasteiger partial charge on any atom is 0.267 e. The average Bonchev–Trinajstić information content (AvgIpc) is 2.38. The lowest BCUT2D eigenvalue weighted by Gasteiger charge is -2.15. The average molecular weight is 206 g/mol. The molecule has 15 heavy (non-hydrogen) atoms. The second-order valence-corrected chi connectivity index (χ2v) is 3.89. The second-order valence-electron chi connectivity index (χ2n) is 3.89. The van der Waals surface area contributed by atoms with E-state index in [2.05, 4.69) is 15.3 Å². The van der Waals surface area contributed by atoms with E-state index in [9.17, 15) is 9.59 Å². The highest BCUT2D eigenvalue weighted by Gasteiger charge is 2.42. The molecule has 2 rings (SSSR count). The first kappa shape index (κ1) is 9.57. The van der Waals surface area contributed by atoms with Crippen molar-refractivity contribution in [1.29, 1.82) is 0 Å². The molecule has 1 aliphatic rings. The molecule has 78 valence electrons. The lowest BCUT2D eigenvalue weighted by atomic mass is 9.85. The van der Waals surface area contributed by atoms with E-state index >= 15 is 0 Å². The number of nitrogens with two attached hydrogens (primary N) is 1. The molecular weight excluding hydrogens is 196 g/mol. The van der Waals surface area contributed by atoms with Crippen molar-refractivity contribution in [2.75, 3.05) is 5.32 Å². The Morgan fingerprint density at radius 1 is 1.47 bits per heavy atom. The number of fused-ring (bicyclic) bond motifs is 1. The minimum atomic E-state index is -0.818. The summed E-state index contributed by atoms with van der Waals surface area (Å²) in [6, 6.07) is 0. The van der Waals surface area contributed by atoms with Gasteiger partial charge in [0.25, 0.3) is 5.91 Å². The number of carbonyl (C=O) groups excluding carboxylic acids is 2. The molecule has 0 saturated carbocycles. The standard InChI is InChI=1S/C9H10N4O2/c1-9(2)4-5(6(10)14)11-3-12-7(4)13-8(9)15/h3H,1-2H3,(H2,10,14)(H,11,12,13,15). The number of aromatic nitrogens is 2. The third-order valence-corrected chi connectivity index (χ3v) is 2.51. The fourth-order valence-corrected chi connectivity index (χ4v) is 1.64. The van der Waals surface area contributed by atoms with Gasteiger partial charge in [-0.05, 0) is 13.8 Å². The Kier molecular flexibility index (Phi) is 1.76. The number of amides is 2. The first-order valence-electron chi connectivity index (χ1n) is 4.41. The summed E-state index contributed by atoms with van der Waals surface area (Å²) in [5, 5.41) is 2.59. The van der Waals surface area contributed by atoms with E-state index in [4.69, 9.17) is 5.73 Å². The summed E-state index contributed by atoms with van der Waals surface area (Å²) in [5.41, 5.74) is 4.94. The van der Waals surface area contributed by atoms with Gasteiger partial charge in [-0.2, -0.15) is 0 Å². The summed E-state index contributed by atoms with van der Waals surface area (Å²) in [7, 11) is 0. The van der Waals surface area contributed by atoms with Gasteiger partial charge in [0.2, 0.25) is 5.91 Å². The maximum atomic E-state index is 11.6. The van der Waals surface area contributed by atoms with Gasteiger partial charge in [-0.25, -0.2) is 9.97 Å². The third kappa shape index (κ3) is 1.18. The first-order valence-corrected chi connectivity index (χ1v) is 4.41. The van der Waals surface area contributed by atoms with Gasteiger partial charge in [-0.1, -0.05) is 0 Å². The number of primary amides is 1. The first-order chi connectivity index (χ1) is 6.94. The number of rotatable bonds is 1. The zero-order valence-corrected chi connectivity index (χ0v) is 8.37. The molecule has 0 radical (unpaired) electrons. The van der Waals surface area contributed by atoms with Crippen LogP contribution in [0, 0.1) is 0 Å². The largest absolute Gasteiger partial charge is 0.364 e. The van der Waals surface area contributed by atoms with E-state index in [0.29, 0.717) is 11.4 Å². The molecule has 2 heterocycles. The summed E-state index contributed by atoms with van der Waals surface area (Å²) in [6.45, 7) is 3.40. The maximum absolute atomic E-state index is 11.6. The predicted octanol–water partition coefficient (Wildman–Crippen LogP) is -0.195. The molecule has 6 nitrogen and oxygen atoms in total. The van der Waals surface area contributed by atoms with Crippen LogP contribution >= 0.6 is 0 Å². The highest BCUT2D eigenvalue weighted by atomic mass is 16.2. The van der Waals surface area contributed by atoms with Crippen molar-refractivity contribution in [3.63, 3.8) is 0 Å². The van der Waals surface area contributed by atoms with Crippen LogP contribution in [0.5, 0.6) is 0 Å². The monoisotopic (exact) mass is 206 g/mol. The molecule has 3 N–H and O–H groups in total. The summed E-state index contributed by atoms with van der Waals surface area (Å²) in [4.78, 5) is 30.4. The third-order valence-electron chi connectivity index (χ3n) is 2.51. The van der Waals surface area contributed by atoms with Crippen molar-refractivity contribution in [2.24, 2.45) is 5.73 Å². The number of hydrogen-bond donors (Lipinski definition) is 2. The molecule has 0 fully saturated rings. The van der Waals surface area contributed by atoms with E-state index in [-0.39, 0.29) is 11.6 Å². The van der Waals surface area contributed by atoms with Crippen molar-refractivity contribution in [3.8, 4) is 0 Å². The van der Waals surface area contributed by atoms with Gasteiger partial charge in [-0.3, -0.25) is 9.59 Å². The molecule has 0 saturated heterocycles. The van der Waals surface area contributed by atoms with Crippen LogP contribution in [-0.4, -0.2) is 21.8 Å². The number of nitrogens with one attached hydrogen (secondary N) is 1. The SMILES string of the molecule is CC1(C)C(=O)Nc2ncnc(C(N)=O)c21. The Labute approximate surface area is 85.9 Å². The smallest absolute Gasteiger partial charge is 0.267 e. The molecule has 0 bridgehead atoms. The van der Waals surface area contributed by atoms with Crippen molar-refractivity contribution in [1.82, 2.24) is 9.97 Å². The molecule has 0 unspecified atom stereocenters. The Bertz CT molecular complexity index is 467. The van der Waals surface area contributed by atoms with Gasteiger partial charge in [-0.15, -0.1) is 0 Å². The molecule has 0 aromatic carbocycles. The minimum absolute atomic E-state index is 0.100. The van der Waals surface area contributed by atoms with Gasteiger partial charge in [0.05, 0.1) is 5.41 Å². The molecule has 0 atom stereocenters. The number of anilines is 1.